The Kier molecular flexibility index (Phi) is 3.40. The van der Waals surface area contributed by atoms with Crippen LogP contribution in [0.1, 0.15) is 21.7 Å². The van der Waals surface area contributed by atoms with E-state index in [2.05, 4.69) is 0 Å². The summed E-state index contributed by atoms with van der Waals surface area (Å²) in [5.74, 6) is 0.827. The van der Waals surface area contributed by atoms with Gasteiger partial charge in [-0.15, -0.1) is 11.3 Å². The van der Waals surface area contributed by atoms with Crippen LogP contribution in [0.3, 0.4) is 0 Å². The van der Waals surface area contributed by atoms with Gasteiger partial charge < -0.3 is 14.7 Å². The van der Waals surface area contributed by atoms with Crippen LogP contribution in [-0.2, 0) is 0 Å². The number of β-amino-alcohol motifs (C(OH)–C–C–N with tert-alkyl or cyclic N) is 1. The van der Waals surface area contributed by atoms with Gasteiger partial charge >= 0.3 is 0 Å². The first-order valence-corrected chi connectivity index (χ1v) is 7.46. The fourth-order valence-corrected chi connectivity index (χ4v) is 3.76. The molecule has 2 heterocycles. The van der Waals surface area contributed by atoms with E-state index in [4.69, 9.17) is 4.74 Å². The monoisotopic (exact) mass is 291 g/mol. The van der Waals surface area contributed by atoms with Gasteiger partial charge in [-0.3, -0.25) is 4.79 Å². The third kappa shape index (κ3) is 2.17. The molecule has 1 aromatic carbocycles. The minimum absolute atomic E-state index is 0.0271. The van der Waals surface area contributed by atoms with Gasteiger partial charge in [0.2, 0.25) is 0 Å². The van der Waals surface area contributed by atoms with Crippen LogP contribution in [-0.4, -0.2) is 42.2 Å². The summed E-state index contributed by atoms with van der Waals surface area (Å²) < 4.78 is 6.33. The second kappa shape index (κ2) is 5.07. The van der Waals surface area contributed by atoms with Crippen LogP contribution in [0.25, 0.3) is 10.1 Å². The lowest BCUT2D eigenvalue weighted by molar-refractivity contribution is 0.0769. The van der Waals surface area contributed by atoms with Crippen molar-refractivity contribution in [3.8, 4) is 5.75 Å². The number of thiophene rings is 1. The quantitative estimate of drug-likeness (QED) is 0.924. The summed E-state index contributed by atoms with van der Waals surface area (Å²) in [4.78, 5) is 15.0. The van der Waals surface area contributed by atoms with Crippen molar-refractivity contribution in [2.24, 2.45) is 0 Å². The van der Waals surface area contributed by atoms with Crippen LogP contribution in [0.15, 0.2) is 18.2 Å². The molecule has 0 bridgehead atoms. The van der Waals surface area contributed by atoms with Gasteiger partial charge in [0.15, 0.2) is 0 Å². The highest BCUT2D eigenvalue weighted by atomic mass is 32.1. The second-order valence-electron chi connectivity index (χ2n) is 5.11. The van der Waals surface area contributed by atoms with E-state index in [-0.39, 0.29) is 12.0 Å². The van der Waals surface area contributed by atoms with Gasteiger partial charge in [-0.05, 0) is 42.5 Å². The van der Waals surface area contributed by atoms with Crippen molar-refractivity contribution in [3.05, 3.63) is 28.6 Å². The summed E-state index contributed by atoms with van der Waals surface area (Å²) in [5.41, 5.74) is 0.996. The zero-order valence-corrected chi connectivity index (χ0v) is 12.4. The Morgan fingerprint density at radius 2 is 2.30 bits per heavy atom. The molecule has 0 saturated carbocycles. The molecule has 1 saturated heterocycles. The molecule has 0 unspecified atom stereocenters. The number of hydrogen-bond acceptors (Lipinski definition) is 4. The largest absolute Gasteiger partial charge is 0.497 e. The van der Waals surface area contributed by atoms with Crippen LogP contribution in [0.5, 0.6) is 5.75 Å². The molecule has 1 N–H and O–H groups in total. The molecule has 0 spiro atoms. The third-order valence-corrected chi connectivity index (χ3v) is 5.05. The average Bonchev–Trinajstić information content (AvgIpc) is 3.02. The minimum Gasteiger partial charge on any atom is -0.497 e. The summed E-state index contributed by atoms with van der Waals surface area (Å²) in [6.07, 6.45) is 0.289. The van der Waals surface area contributed by atoms with E-state index in [0.717, 1.165) is 26.3 Å². The van der Waals surface area contributed by atoms with Crippen molar-refractivity contribution in [1.82, 2.24) is 4.90 Å². The molecule has 1 fully saturated rings. The van der Waals surface area contributed by atoms with E-state index in [0.29, 0.717) is 19.5 Å². The topological polar surface area (TPSA) is 49.8 Å². The van der Waals surface area contributed by atoms with Crippen molar-refractivity contribution in [2.45, 2.75) is 19.4 Å². The first-order valence-electron chi connectivity index (χ1n) is 6.64. The molecule has 1 aliphatic rings. The standard InChI is InChI=1S/C15H17NO3S/c1-9-12-7-11(19-2)3-4-13(12)20-14(9)15(18)16-6-5-10(17)8-16/h3-4,7,10,17H,5-6,8H2,1-2H3/t10-/m0/s1. The Hall–Kier alpha value is -1.59. The molecule has 1 aromatic heterocycles. The lowest BCUT2D eigenvalue weighted by Crippen LogP contribution is -2.29. The van der Waals surface area contributed by atoms with E-state index in [9.17, 15) is 9.90 Å². The highest BCUT2D eigenvalue weighted by molar-refractivity contribution is 7.21. The number of hydrogen-bond donors (Lipinski definition) is 1. The highest BCUT2D eigenvalue weighted by Gasteiger charge is 2.27. The number of aryl methyl sites for hydroxylation is 1. The normalized spacial score (nSPS) is 18.8. The number of nitrogens with zero attached hydrogens (tertiary/aromatic N) is 1. The Bertz CT molecular complexity index is 664. The number of benzene rings is 1. The fourth-order valence-electron chi connectivity index (χ4n) is 2.60. The Morgan fingerprint density at radius 3 is 2.95 bits per heavy atom. The number of aliphatic hydroxyl groups excluding tert-OH is 1. The van der Waals surface area contributed by atoms with Crippen molar-refractivity contribution < 1.29 is 14.6 Å². The number of carbonyl (C=O) groups is 1. The van der Waals surface area contributed by atoms with Gasteiger partial charge in [-0.25, -0.2) is 0 Å². The molecule has 2 aromatic rings. The number of rotatable bonds is 2. The summed E-state index contributed by atoms with van der Waals surface area (Å²) >= 11 is 1.51. The van der Waals surface area contributed by atoms with Crippen molar-refractivity contribution in [3.63, 3.8) is 0 Å². The van der Waals surface area contributed by atoms with Gasteiger partial charge in [-0.2, -0.15) is 0 Å². The first kappa shape index (κ1) is 13.4. The Morgan fingerprint density at radius 1 is 1.50 bits per heavy atom. The van der Waals surface area contributed by atoms with Crippen molar-refractivity contribution in [2.75, 3.05) is 20.2 Å². The number of likely N-dealkylation sites (tertiary alicyclic amines) is 1. The summed E-state index contributed by atoms with van der Waals surface area (Å²) in [6, 6.07) is 5.87. The lowest BCUT2D eigenvalue weighted by Gasteiger charge is -2.14. The zero-order valence-electron chi connectivity index (χ0n) is 11.5. The van der Waals surface area contributed by atoms with Gasteiger partial charge in [0.1, 0.15) is 5.75 Å². The predicted octanol–water partition coefficient (Wildman–Crippen LogP) is 2.43. The maximum atomic E-state index is 12.5. The van der Waals surface area contributed by atoms with E-state index in [1.54, 1.807) is 12.0 Å². The zero-order chi connectivity index (χ0) is 14.3. The van der Waals surface area contributed by atoms with Gasteiger partial charge in [0.05, 0.1) is 18.1 Å². The van der Waals surface area contributed by atoms with Crippen LogP contribution in [0, 0.1) is 6.92 Å². The van der Waals surface area contributed by atoms with E-state index in [1.807, 2.05) is 25.1 Å². The highest BCUT2D eigenvalue weighted by Crippen LogP contribution is 2.34. The number of fused-ring (bicyclic) bond motifs is 1. The number of carbonyl (C=O) groups excluding carboxylic acids is 1. The molecule has 4 nitrogen and oxygen atoms in total. The number of methoxy groups -OCH3 is 1. The van der Waals surface area contributed by atoms with E-state index >= 15 is 0 Å². The first-order chi connectivity index (χ1) is 9.60. The Balaban J connectivity index is 1.99. The molecular formula is C15H17NO3S. The van der Waals surface area contributed by atoms with Gasteiger partial charge in [0.25, 0.3) is 5.91 Å². The van der Waals surface area contributed by atoms with Crippen LogP contribution >= 0.6 is 11.3 Å². The molecule has 0 aliphatic carbocycles. The average molecular weight is 291 g/mol. The van der Waals surface area contributed by atoms with Crippen LogP contribution < -0.4 is 4.74 Å². The molecule has 3 rings (SSSR count). The molecule has 0 radical (unpaired) electrons. The van der Waals surface area contributed by atoms with Crippen molar-refractivity contribution in [1.29, 1.82) is 0 Å². The lowest BCUT2D eigenvalue weighted by atomic mass is 10.1. The summed E-state index contributed by atoms with van der Waals surface area (Å²) in [5, 5.41) is 10.6. The molecule has 1 aliphatic heterocycles. The van der Waals surface area contributed by atoms with Crippen molar-refractivity contribution >= 4 is 27.3 Å². The third-order valence-electron chi connectivity index (χ3n) is 3.79. The Labute approximate surface area is 121 Å². The van der Waals surface area contributed by atoms with Crippen LogP contribution in [0.4, 0.5) is 0 Å². The summed E-state index contributed by atoms with van der Waals surface area (Å²) in [6.45, 7) is 3.05. The maximum absolute atomic E-state index is 12.5. The number of amides is 1. The minimum atomic E-state index is -0.381. The maximum Gasteiger partial charge on any atom is 0.264 e. The molecule has 1 amide bonds. The fraction of sp³-hybridized carbons (Fsp3) is 0.400. The number of ether oxygens (including phenoxy) is 1. The molecule has 5 heteroatoms. The van der Waals surface area contributed by atoms with E-state index < -0.39 is 0 Å². The smallest absolute Gasteiger partial charge is 0.264 e. The molecular weight excluding hydrogens is 274 g/mol. The van der Waals surface area contributed by atoms with Gasteiger partial charge in [-0.1, -0.05) is 0 Å². The SMILES string of the molecule is COc1ccc2sc(C(=O)N3CC[C@H](O)C3)c(C)c2c1. The molecule has 20 heavy (non-hydrogen) atoms. The summed E-state index contributed by atoms with van der Waals surface area (Å²) in [7, 11) is 1.64. The van der Waals surface area contributed by atoms with E-state index in [1.165, 1.54) is 11.3 Å². The molecule has 1 atom stereocenters. The predicted molar refractivity (Wildman–Crippen MR) is 79.6 cm³/mol. The number of aliphatic hydroxyl groups is 1. The second-order valence-corrected chi connectivity index (χ2v) is 6.16. The molecule has 106 valence electrons. The van der Waals surface area contributed by atoms with Crippen LogP contribution in [0.2, 0.25) is 0 Å². The van der Waals surface area contributed by atoms with Gasteiger partial charge in [0, 0.05) is 17.8 Å².